The van der Waals surface area contributed by atoms with E-state index in [0.717, 1.165) is 0 Å². The lowest BCUT2D eigenvalue weighted by Crippen LogP contribution is -2.43. The zero-order chi connectivity index (χ0) is 17.9. The summed E-state index contributed by atoms with van der Waals surface area (Å²) in [5, 5.41) is 29.2. The molecule has 0 bridgehead atoms. The van der Waals surface area contributed by atoms with Crippen molar-refractivity contribution in [2.24, 2.45) is 0 Å². The maximum Gasteiger partial charge on any atom is 0.317 e. The minimum atomic E-state index is -0.939. The first kappa shape index (κ1) is 20.3. The zero-order valence-electron chi connectivity index (χ0n) is 13.7. The largest absolute Gasteiger partial charge is 0.480 e. The SMILES string of the molecule is O=C(O)CN1CCN(CC(=O)O)CCN(CC(=O)NCCO)CC1. The predicted molar refractivity (Wildman–Crippen MR) is 84.7 cm³/mol. The fourth-order valence-electron chi connectivity index (χ4n) is 2.50. The number of carbonyl (C=O) groups excluding carboxylic acids is 1. The second-order valence-electron chi connectivity index (χ2n) is 5.69. The third-order valence-electron chi connectivity index (χ3n) is 3.72. The van der Waals surface area contributed by atoms with Crippen molar-refractivity contribution in [3.63, 3.8) is 0 Å². The van der Waals surface area contributed by atoms with E-state index in [0.29, 0.717) is 39.3 Å². The quantitative estimate of drug-likeness (QED) is 0.367. The highest BCUT2D eigenvalue weighted by atomic mass is 16.4. The molecule has 0 saturated carbocycles. The average molecular weight is 346 g/mol. The van der Waals surface area contributed by atoms with Gasteiger partial charge in [0.05, 0.1) is 26.2 Å². The Morgan fingerprint density at radius 1 is 0.750 bits per heavy atom. The minimum Gasteiger partial charge on any atom is -0.480 e. The molecule has 1 fully saturated rings. The Labute approximate surface area is 140 Å². The van der Waals surface area contributed by atoms with Crippen LogP contribution in [0.3, 0.4) is 0 Å². The molecule has 1 rings (SSSR count). The van der Waals surface area contributed by atoms with Crippen LogP contribution in [0.4, 0.5) is 0 Å². The maximum absolute atomic E-state index is 11.8. The third-order valence-corrected chi connectivity index (χ3v) is 3.72. The van der Waals surface area contributed by atoms with Gasteiger partial charge in [-0.05, 0) is 0 Å². The molecule has 0 aliphatic carbocycles. The van der Waals surface area contributed by atoms with Gasteiger partial charge in [0.2, 0.25) is 5.91 Å². The fourth-order valence-corrected chi connectivity index (χ4v) is 2.50. The van der Waals surface area contributed by atoms with Crippen LogP contribution in [0.1, 0.15) is 0 Å². The highest BCUT2D eigenvalue weighted by molar-refractivity contribution is 5.78. The van der Waals surface area contributed by atoms with E-state index in [9.17, 15) is 14.4 Å². The van der Waals surface area contributed by atoms with E-state index < -0.39 is 11.9 Å². The van der Waals surface area contributed by atoms with Crippen LogP contribution in [0.25, 0.3) is 0 Å². The smallest absolute Gasteiger partial charge is 0.317 e. The predicted octanol–water partition coefficient (Wildman–Crippen LogP) is -2.82. The second kappa shape index (κ2) is 10.9. The van der Waals surface area contributed by atoms with Crippen LogP contribution in [-0.2, 0) is 14.4 Å². The monoisotopic (exact) mass is 346 g/mol. The van der Waals surface area contributed by atoms with Gasteiger partial charge in [-0.15, -0.1) is 0 Å². The normalized spacial score (nSPS) is 18.4. The Hall–Kier alpha value is -1.75. The highest BCUT2D eigenvalue weighted by Crippen LogP contribution is 2.01. The molecule has 10 nitrogen and oxygen atoms in total. The summed E-state index contributed by atoms with van der Waals surface area (Å²) in [4.78, 5) is 39.0. The van der Waals surface area contributed by atoms with Gasteiger partial charge in [-0.3, -0.25) is 29.1 Å². The van der Waals surface area contributed by atoms with Gasteiger partial charge >= 0.3 is 11.9 Å². The zero-order valence-corrected chi connectivity index (χ0v) is 13.7. The standard InChI is InChI=1S/C14H26N4O6/c19-8-1-15-12(20)9-16-2-4-17(10-13(21)22)6-7-18(5-3-16)11-14(23)24/h19H,1-11H2,(H,15,20)(H,21,22)(H,23,24). The van der Waals surface area contributed by atoms with Crippen LogP contribution in [0.15, 0.2) is 0 Å². The Bertz CT molecular complexity index is 405. The number of aliphatic carboxylic acids is 2. The fraction of sp³-hybridized carbons (Fsp3) is 0.786. The molecule has 1 amide bonds. The molecule has 0 aromatic rings. The summed E-state index contributed by atoms with van der Waals surface area (Å²) in [7, 11) is 0. The van der Waals surface area contributed by atoms with E-state index in [1.54, 1.807) is 9.80 Å². The molecule has 1 saturated heterocycles. The summed E-state index contributed by atoms with van der Waals surface area (Å²) in [6.07, 6.45) is 0. The molecule has 0 aromatic heterocycles. The van der Waals surface area contributed by atoms with Crippen LogP contribution in [0.2, 0.25) is 0 Å². The molecule has 4 N–H and O–H groups in total. The van der Waals surface area contributed by atoms with Gasteiger partial charge in [-0.2, -0.15) is 0 Å². The van der Waals surface area contributed by atoms with E-state index in [2.05, 4.69) is 5.32 Å². The Morgan fingerprint density at radius 2 is 1.12 bits per heavy atom. The number of hydrogen-bond acceptors (Lipinski definition) is 7. The highest BCUT2D eigenvalue weighted by Gasteiger charge is 2.20. The van der Waals surface area contributed by atoms with E-state index >= 15 is 0 Å². The van der Waals surface area contributed by atoms with Crippen molar-refractivity contribution < 1.29 is 29.7 Å². The number of aliphatic hydroxyl groups excluding tert-OH is 1. The lowest BCUT2D eigenvalue weighted by Gasteiger charge is -2.24. The van der Waals surface area contributed by atoms with Crippen LogP contribution in [-0.4, -0.2) is 120 Å². The number of aliphatic hydroxyl groups is 1. The van der Waals surface area contributed by atoms with Crippen molar-refractivity contribution in [1.82, 2.24) is 20.0 Å². The molecule has 0 spiro atoms. The third kappa shape index (κ3) is 8.77. The Balaban J connectivity index is 2.66. The molecule has 1 aliphatic heterocycles. The number of rotatable bonds is 8. The number of carboxylic acids is 2. The number of nitrogens with zero attached hydrogens (tertiary/aromatic N) is 3. The van der Waals surface area contributed by atoms with Crippen molar-refractivity contribution in [1.29, 1.82) is 0 Å². The average Bonchev–Trinajstić information content (AvgIpc) is 2.58. The lowest BCUT2D eigenvalue weighted by atomic mass is 10.4. The van der Waals surface area contributed by atoms with Crippen molar-refractivity contribution in [2.75, 3.05) is 72.1 Å². The molecule has 0 atom stereocenters. The number of nitrogens with one attached hydrogen (secondary N) is 1. The number of carboxylic acid groups (broad SMARTS) is 2. The topological polar surface area (TPSA) is 134 Å². The maximum atomic E-state index is 11.8. The molecule has 0 radical (unpaired) electrons. The van der Waals surface area contributed by atoms with E-state index in [1.165, 1.54) is 0 Å². The van der Waals surface area contributed by atoms with Crippen LogP contribution in [0, 0.1) is 0 Å². The molecule has 0 aromatic carbocycles. The van der Waals surface area contributed by atoms with Gasteiger partial charge in [0, 0.05) is 45.8 Å². The Morgan fingerprint density at radius 3 is 1.46 bits per heavy atom. The van der Waals surface area contributed by atoms with Gasteiger partial charge in [-0.1, -0.05) is 0 Å². The summed E-state index contributed by atoms with van der Waals surface area (Å²) < 4.78 is 0. The van der Waals surface area contributed by atoms with Gasteiger partial charge in [0.1, 0.15) is 0 Å². The molecule has 24 heavy (non-hydrogen) atoms. The minimum absolute atomic E-state index is 0.120. The number of amides is 1. The van der Waals surface area contributed by atoms with Crippen molar-refractivity contribution in [3.8, 4) is 0 Å². The lowest BCUT2D eigenvalue weighted by molar-refractivity contribution is -0.140. The van der Waals surface area contributed by atoms with Crippen molar-refractivity contribution in [3.05, 3.63) is 0 Å². The molecule has 0 unspecified atom stereocenters. The number of hydrogen-bond donors (Lipinski definition) is 4. The second-order valence-corrected chi connectivity index (χ2v) is 5.69. The van der Waals surface area contributed by atoms with E-state index in [1.807, 2.05) is 4.90 Å². The number of carbonyl (C=O) groups is 3. The Kier molecular flexibility index (Phi) is 9.23. The molecule has 1 heterocycles. The van der Waals surface area contributed by atoms with Crippen LogP contribution < -0.4 is 5.32 Å². The van der Waals surface area contributed by atoms with Crippen LogP contribution >= 0.6 is 0 Å². The first-order chi connectivity index (χ1) is 11.4. The summed E-state index contributed by atoms with van der Waals surface area (Å²) in [6.45, 7) is 2.86. The van der Waals surface area contributed by atoms with Crippen LogP contribution in [0.5, 0.6) is 0 Å². The van der Waals surface area contributed by atoms with E-state index in [4.69, 9.17) is 15.3 Å². The van der Waals surface area contributed by atoms with E-state index in [-0.39, 0.29) is 38.7 Å². The molecular formula is C14H26N4O6. The van der Waals surface area contributed by atoms with Crippen molar-refractivity contribution in [2.45, 2.75) is 0 Å². The van der Waals surface area contributed by atoms with Gasteiger partial charge in [-0.25, -0.2) is 0 Å². The van der Waals surface area contributed by atoms with Gasteiger partial charge in [0.15, 0.2) is 0 Å². The summed E-state index contributed by atoms with van der Waals surface area (Å²) in [5.41, 5.74) is 0. The molecule has 10 heteroatoms. The summed E-state index contributed by atoms with van der Waals surface area (Å²) in [5.74, 6) is -2.10. The summed E-state index contributed by atoms with van der Waals surface area (Å²) >= 11 is 0. The van der Waals surface area contributed by atoms with Crippen molar-refractivity contribution >= 4 is 17.8 Å². The molecular weight excluding hydrogens is 320 g/mol. The summed E-state index contributed by atoms with van der Waals surface area (Å²) in [6, 6.07) is 0. The first-order valence-corrected chi connectivity index (χ1v) is 7.89. The van der Waals surface area contributed by atoms with Gasteiger partial charge < -0.3 is 20.6 Å². The van der Waals surface area contributed by atoms with Gasteiger partial charge in [0.25, 0.3) is 0 Å². The first-order valence-electron chi connectivity index (χ1n) is 7.89. The molecule has 1 aliphatic rings. The molecule has 138 valence electrons.